The number of hydrogen-bond donors (Lipinski definition) is 0. The molecule has 0 N–H and O–H groups in total. The van der Waals surface area contributed by atoms with E-state index in [1.54, 1.807) is 0 Å². The van der Waals surface area contributed by atoms with Crippen molar-refractivity contribution in [3.05, 3.63) is 0 Å². The fourth-order valence-electron chi connectivity index (χ4n) is 4.62. The van der Waals surface area contributed by atoms with Gasteiger partial charge in [0.25, 0.3) is 0 Å². The Bertz CT molecular complexity index is 277. The zero-order valence-corrected chi connectivity index (χ0v) is 19.1. The van der Waals surface area contributed by atoms with Gasteiger partial charge in [-0.05, 0) is 0 Å². The Balaban J connectivity index is 6.01. The van der Waals surface area contributed by atoms with Crippen molar-refractivity contribution in [1.82, 2.24) is 6.24 Å². The van der Waals surface area contributed by atoms with Gasteiger partial charge in [0.15, 0.2) is 0 Å². The predicted molar refractivity (Wildman–Crippen MR) is 95.6 cm³/mol. The van der Waals surface area contributed by atoms with Gasteiger partial charge in [0.1, 0.15) is 0 Å². The molecule has 0 heterocycles. The third-order valence-corrected chi connectivity index (χ3v) is 20.7. The zero-order valence-electron chi connectivity index (χ0n) is 16.3. The first-order valence-corrected chi connectivity index (χ1v) is 15.7. The average Bonchev–Trinajstić information content (AvgIpc) is 2.10. The van der Waals surface area contributed by atoms with Gasteiger partial charge in [0.2, 0.25) is 0 Å². The van der Waals surface area contributed by atoms with Crippen molar-refractivity contribution in [2.24, 2.45) is 0 Å². The first-order valence-electron chi connectivity index (χ1n) is 8.28. The third kappa shape index (κ3) is 4.61. The van der Waals surface area contributed by atoms with Gasteiger partial charge in [-0.1, -0.05) is 0 Å². The molecular weight excluding hydrogens is 351 g/mol. The second kappa shape index (κ2) is 6.87. The molecule has 0 radical (unpaired) electrons. The van der Waals surface area contributed by atoms with Crippen LogP contribution in [-0.2, 0) is 0 Å². The second-order valence-corrected chi connectivity index (χ2v) is 20.6. The van der Waals surface area contributed by atoms with Crippen LogP contribution in [0.2, 0.25) is 9.38 Å². The molecule has 1 unspecified atom stereocenters. The van der Waals surface area contributed by atoms with Crippen molar-refractivity contribution >= 4 is 18.9 Å². The fraction of sp³-hybridized carbons (Fsp3) is 1.00. The maximum absolute atomic E-state index is 2.91. The Kier molecular flexibility index (Phi) is 7.11. The van der Waals surface area contributed by atoms with E-state index in [9.17, 15) is 0 Å². The normalized spacial score (nSPS) is 17.4. The molecule has 0 saturated heterocycles. The van der Waals surface area contributed by atoms with Crippen LogP contribution in [0.3, 0.4) is 0 Å². The van der Waals surface area contributed by atoms with Gasteiger partial charge in [0, 0.05) is 0 Å². The van der Waals surface area contributed by atoms with Crippen LogP contribution >= 0.6 is 0 Å². The van der Waals surface area contributed by atoms with Crippen molar-refractivity contribution in [2.45, 2.75) is 109 Å². The van der Waals surface area contributed by atoms with Crippen LogP contribution in [0.4, 0.5) is 0 Å². The molecule has 0 rings (SSSR count). The molecule has 122 valence electrons. The fourth-order valence-corrected chi connectivity index (χ4v) is 21.8. The van der Waals surface area contributed by atoms with Gasteiger partial charge in [0.05, 0.1) is 0 Å². The SMILES string of the molecule is C[CH2][Sn]([CH3])([N](C(C)C)C(C)C)[N](C(C)(C)C)C(C)(C)C. The molecular formula is C17H40N2Sn. The molecule has 0 aliphatic carbocycles. The van der Waals surface area contributed by atoms with Crippen molar-refractivity contribution in [3.63, 3.8) is 0 Å². The van der Waals surface area contributed by atoms with Crippen LogP contribution in [0.25, 0.3) is 0 Å². The minimum absolute atomic E-state index is 0.223. The van der Waals surface area contributed by atoms with Crippen LogP contribution in [0, 0.1) is 0 Å². The third-order valence-electron chi connectivity index (χ3n) is 4.16. The van der Waals surface area contributed by atoms with Gasteiger partial charge in [-0.25, -0.2) is 0 Å². The summed E-state index contributed by atoms with van der Waals surface area (Å²) in [4.78, 5) is 2.63. The molecule has 0 aromatic carbocycles. The molecule has 0 bridgehead atoms. The Morgan fingerprint density at radius 1 is 0.800 bits per heavy atom. The summed E-state index contributed by atoms with van der Waals surface area (Å²) in [6.45, 7) is 26.2. The second-order valence-electron chi connectivity index (χ2n) is 8.84. The standard InChI is InChI=1S/C8H18N.C6H14N.C2H5.CH3.Sn/c1-7(2,3)9-8(4,5)6;1-5(2)7-6(3)4;1-2;;/h1-6H3;5-6H,1-4H3;1H2,2H3;1H3;/q2*-1;;;+2. The van der Waals surface area contributed by atoms with Gasteiger partial charge in [-0.3, -0.25) is 0 Å². The van der Waals surface area contributed by atoms with E-state index in [0.717, 1.165) is 0 Å². The molecule has 2 nitrogen and oxygen atoms in total. The molecule has 0 aromatic heterocycles. The average molecular weight is 391 g/mol. The Hall–Kier alpha value is 0.719. The molecule has 0 amide bonds. The zero-order chi connectivity index (χ0) is 16.5. The summed E-state index contributed by atoms with van der Waals surface area (Å²) < 4.78 is 7.12. The van der Waals surface area contributed by atoms with E-state index < -0.39 is 18.9 Å². The molecule has 20 heavy (non-hydrogen) atoms. The van der Waals surface area contributed by atoms with E-state index >= 15 is 0 Å². The summed E-state index contributed by atoms with van der Waals surface area (Å²) in [5.74, 6) is 0. The van der Waals surface area contributed by atoms with E-state index in [1.165, 1.54) is 4.44 Å². The maximum atomic E-state index is 2.91. The van der Waals surface area contributed by atoms with Gasteiger partial charge < -0.3 is 0 Å². The Labute approximate surface area is 133 Å². The topological polar surface area (TPSA) is 6.48 Å². The van der Waals surface area contributed by atoms with E-state index in [0.29, 0.717) is 12.1 Å². The quantitative estimate of drug-likeness (QED) is 0.602. The summed E-state index contributed by atoms with van der Waals surface area (Å²) in [6, 6.07) is 1.26. The summed E-state index contributed by atoms with van der Waals surface area (Å²) in [5.41, 5.74) is 0.447. The van der Waals surface area contributed by atoms with E-state index in [4.69, 9.17) is 0 Å². The number of hydrogen-bond acceptors (Lipinski definition) is 2. The summed E-state index contributed by atoms with van der Waals surface area (Å²) in [7, 11) is 0. The number of nitrogens with zero attached hydrogens (tertiary/aromatic N) is 2. The molecule has 0 fully saturated rings. The number of rotatable bonds is 5. The van der Waals surface area contributed by atoms with E-state index in [-0.39, 0.29) is 11.1 Å². The van der Waals surface area contributed by atoms with Crippen molar-refractivity contribution in [2.75, 3.05) is 0 Å². The van der Waals surface area contributed by atoms with Crippen molar-refractivity contribution < 1.29 is 0 Å². The van der Waals surface area contributed by atoms with Crippen LogP contribution in [0.15, 0.2) is 0 Å². The summed E-state index contributed by atoms with van der Waals surface area (Å²) >= 11 is -2.62. The molecule has 0 aromatic rings. The molecule has 0 saturated carbocycles. The first kappa shape index (κ1) is 20.7. The van der Waals surface area contributed by atoms with Gasteiger partial charge in [-0.2, -0.15) is 0 Å². The minimum atomic E-state index is -2.62. The molecule has 0 aliphatic heterocycles. The van der Waals surface area contributed by atoms with Gasteiger partial charge in [-0.15, -0.1) is 0 Å². The molecule has 3 heteroatoms. The monoisotopic (exact) mass is 392 g/mol. The van der Waals surface area contributed by atoms with Crippen LogP contribution in [0.1, 0.15) is 76.2 Å². The van der Waals surface area contributed by atoms with Gasteiger partial charge >= 0.3 is 134 Å². The molecule has 0 spiro atoms. The Morgan fingerprint density at radius 3 is 1.25 bits per heavy atom. The van der Waals surface area contributed by atoms with E-state index in [1.807, 2.05) is 0 Å². The first-order chi connectivity index (χ1) is 8.69. The Morgan fingerprint density at radius 2 is 1.10 bits per heavy atom. The molecule has 0 aliphatic rings. The van der Waals surface area contributed by atoms with E-state index in [2.05, 4.69) is 87.3 Å². The van der Waals surface area contributed by atoms with Crippen LogP contribution in [-0.4, -0.2) is 48.3 Å². The predicted octanol–water partition coefficient (Wildman–Crippen LogP) is 5.10. The van der Waals surface area contributed by atoms with Crippen molar-refractivity contribution in [3.8, 4) is 0 Å². The summed E-state index contributed by atoms with van der Waals surface area (Å²) in [5, 5.41) is 0. The summed E-state index contributed by atoms with van der Waals surface area (Å²) in [6.07, 6.45) is 0. The van der Waals surface area contributed by atoms with Crippen molar-refractivity contribution in [1.29, 1.82) is 0 Å². The molecule has 1 atom stereocenters. The van der Waals surface area contributed by atoms with Crippen LogP contribution < -0.4 is 0 Å². The van der Waals surface area contributed by atoms with Crippen LogP contribution in [0.5, 0.6) is 0 Å².